The van der Waals surface area contributed by atoms with Gasteiger partial charge in [-0.2, -0.15) is 0 Å². The third-order valence-corrected chi connectivity index (χ3v) is 3.02. The van der Waals surface area contributed by atoms with Gasteiger partial charge in [0.2, 0.25) is 0 Å². The van der Waals surface area contributed by atoms with Crippen molar-refractivity contribution in [2.75, 3.05) is 13.1 Å². The van der Waals surface area contributed by atoms with E-state index in [-0.39, 0.29) is 5.41 Å². The first-order valence-electron chi connectivity index (χ1n) is 5.53. The molecule has 0 radical (unpaired) electrons. The second kappa shape index (κ2) is 5.53. The van der Waals surface area contributed by atoms with Crippen LogP contribution in [-0.2, 0) is 5.41 Å². The van der Waals surface area contributed by atoms with Gasteiger partial charge in [0.15, 0.2) is 0 Å². The van der Waals surface area contributed by atoms with E-state index in [9.17, 15) is 0 Å². The molecule has 0 spiro atoms. The summed E-state index contributed by atoms with van der Waals surface area (Å²) in [7, 11) is 0. The highest BCUT2D eigenvalue weighted by Gasteiger charge is 2.19. The lowest BCUT2D eigenvalue weighted by Crippen LogP contribution is -2.25. The van der Waals surface area contributed by atoms with Crippen LogP contribution in [0.4, 0.5) is 0 Å². The molecule has 0 aliphatic rings. The average molecular weight is 226 g/mol. The van der Waals surface area contributed by atoms with Crippen LogP contribution in [0, 0.1) is 0 Å². The molecule has 0 aromatic heterocycles. The second-order valence-electron chi connectivity index (χ2n) is 4.50. The van der Waals surface area contributed by atoms with Crippen molar-refractivity contribution in [3.63, 3.8) is 0 Å². The fourth-order valence-electron chi connectivity index (χ4n) is 1.63. The first-order valence-corrected chi connectivity index (χ1v) is 5.91. The Morgan fingerprint density at radius 1 is 1.33 bits per heavy atom. The molecule has 1 nitrogen and oxygen atoms in total. The van der Waals surface area contributed by atoms with E-state index in [1.807, 2.05) is 12.1 Å². The molecule has 15 heavy (non-hydrogen) atoms. The van der Waals surface area contributed by atoms with E-state index >= 15 is 0 Å². The highest BCUT2D eigenvalue weighted by Crippen LogP contribution is 2.28. The van der Waals surface area contributed by atoms with Gasteiger partial charge in [-0.25, -0.2) is 0 Å². The zero-order valence-corrected chi connectivity index (χ0v) is 10.6. The minimum absolute atomic E-state index is 0.188. The molecular formula is C13H20ClN. The van der Waals surface area contributed by atoms with E-state index in [1.165, 1.54) is 5.56 Å². The number of benzene rings is 1. The molecule has 1 aromatic carbocycles. The topological polar surface area (TPSA) is 12.0 Å². The lowest BCUT2D eigenvalue weighted by Gasteiger charge is -2.25. The smallest absolute Gasteiger partial charge is 0.0408 e. The molecular weight excluding hydrogens is 206 g/mol. The number of hydrogen-bond donors (Lipinski definition) is 1. The summed E-state index contributed by atoms with van der Waals surface area (Å²) in [6.45, 7) is 8.74. The number of rotatable bonds is 5. The lowest BCUT2D eigenvalue weighted by molar-refractivity contribution is 0.461. The molecule has 0 saturated carbocycles. The molecule has 0 aliphatic carbocycles. The average Bonchev–Trinajstić information content (AvgIpc) is 2.18. The maximum atomic E-state index is 6.00. The summed E-state index contributed by atoms with van der Waals surface area (Å²) in [5, 5.41) is 4.18. The van der Waals surface area contributed by atoms with Crippen LogP contribution in [0.1, 0.15) is 32.8 Å². The molecule has 0 atom stereocenters. The van der Waals surface area contributed by atoms with Crippen LogP contribution in [0.5, 0.6) is 0 Å². The Morgan fingerprint density at radius 3 is 2.67 bits per heavy atom. The lowest BCUT2D eigenvalue weighted by atomic mass is 9.81. The zero-order chi connectivity index (χ0) is 11.3. The Kier molecular flexibility index (Phi) is 4.62. The first kappa shape index (κ1) is 12.5. The molecule has 0 saturated heterocycles. The molecule has 0 amide bonds. The van der Waals surface area contributed by atoms with Gasteiger partial charge in [-0.3, -0.25) is 0 Å². The van der Waals surface area contributed by atoms with Gasteiger partial charge in [-0.1, -0.05) is 44.5 Å². The Bertz CT molecular complexity index is 307. The molecule has 2 heteroatoms. The molecule has 1 aromatic rings. The second-order valence-corrected chi connectivity index (χ2v) is 4.93. The first-order chi connectivity index (χ1) is 7.06. The molecule has 84 valence electrons. The van der Waals surface area contributed by atoms with Crippen molar-refractivity contribution >= 4 is 11.6 Å². The van der Waals surface area contributed by atoms with Crippen molar-refractivity contribution in [1.82, 2.24) is 5.32 Å². The van der Waals surface area contributed by atoms with Crippen molar-refractivity contribution in [2.45, 2.75) is 32.6 Å². The van der Waals surface area contributed by atoms with E-state index in [0.29, 0.717) is 0 Å². The van der Waals surface area contributed by atoms with Crippen LogP contribution in [-0.4, -0.2) is 13.1 Å². The third kappa shape index (κ3) is 3.84. The van der Waals surface area contributed by atoms with Gasteiger partial charge >= 0.3 is 0 Å². The molecule has 0 heterocycles. The van der Waals surface area contributed by atoms with Gasteiger partial charge in [-0.05, 0) is 42.6 Å². The van der Waals surface area contributed by atoms with Gasteiger partial charge in [0.1, 0.15) is 0 Å². The largest absolute Gasteiger partial charge is 0.317 e. The van der Waals surface area contributed by atoms with Crippen molar-refractivity contribution in [3.05, 3.63) is 34.9 Å². The van der Waals surface area contributed by atoms with E-state index < -0.39 is 0 Å². The highest BCUT2D eigenvalue weighted by atomic mass is 35.5. The zero-order valence-electron chi connectivity index (χ0n) is 9.81. The predicted octanol–water partition coefficient (Wildman–Crippen LogP) is 3.62. The van der Waals surface area contributed by atoms with Crippen LogP contribution in [0.15, 0.2) is 24.3 Å². The van der Waals surface area contributed by atoms with Crippen LogP contribution >= 0.6 is 11.6 Å². The number of hydrogen-bond acceptors (Lipinski definition) is 1. The quantitative estimate of drug-likeness (QED) is 0.755. The van der Waals surface area contributed by atoms with Gasteiger partial charge in [0.05, 0.1) is 0 Å². The van der Waals surface area contributed by atoms with Gasteiger partial charge in [-0.15, -0.1) is 0 Å². The predicted molar refractivity (Wildman–Crippen MR) is 67.6 cm³/mol. The summed E-state index contributed by atoms with van der Waals surface area (Å²) >= 11 is 6.00. The third-order valence-electron chi connectivity index (χ3n) is 2.78. The number of halogens is 1. The van der Waals surface area contributed by atoms with Crippen LogP contribution in [0.2, 0.25) is 5.02 Å². The molecule has 1 rings (SSSR count). The van der Waals surface area contributed by atoms with Gasteiger partial charge in [0, 0.05) is 5.02 Å². The SMILES string of the molecule is CCNCCC(C)(C)c1cccc(Cl)c1. The fraction of sp³-hybridized carbons (Fsp3) is 0.538. The van der Waals surface area contributed by atoms with E-state index in [0.717, 1.165) is 24.5 Å². The molecule has 0 aliphatic heterocycles. The van der Waals surface area contributed by atoms with E-state index in [2.05, 4.69) is 38.2 Å². The maximum absolute atomic E-state index is 6.00. The summed E-state index contributed by atoms with van der Waals surface area (Å²) in [6, 6.07) is 8.16. The minimum Gasteiger partial charge on any atom is -0.317 e. The molecule has 0 fully saturated rings. The van der Waals surface area contributed by atoms with Crippen molar-refractivity contribution in [2.24, 2.45) is 0 Å². The standard InChI is InChI=1S/C13H20ClN/c1-4-15-9-8-13(2,3)11-6-5-7-12(14)10-11/h5-7,10,15H,4,8-9H2,1-3H3. The molecule has 1 N–H and O–H groups in total. The van der Waals surface area contributed by atoms with Crippen LogP contribution < -0.4 is 5.32 Å². The van der Waals surface area contributed by atoms with Gasteiger partial charge in [0.25, 0.3) is 0 Å². The summed E-state index contributed by atoms with van der Waals surface area (Å²) in [6.07, 6.45) is 1.13. The highest BCUT2D eigenvalue weighted by molar-refractivity contribution is 6.30. The molecule has 0 bridgehead atoms. The normalized spacial score (nSPS) is 11.7. The summed E-state index contributed by atoms with van der Waals surface area (Å²) in [5.41, 5.74) is 1.50. The molecule has 0 unspecified atom stereocenters. The monoisotopic (exact) mass is 225 g/mol. The van der Waals surface area contributed by atoms with E-state index in [1.54, 1.807) is 0 Å². The van der Waals surface area contributed by atoms with Crippen molar-refractivity contribution in [3.8, 4) is 0 Å². The summed E-state index contributed by atoms with van der Waals surface area (Å²) < 4.78 is 0. The number of nitrogens with one attached hydrogen (secondary N) is 1. The Balaban J connectivity index is 2.67. The van der Waals surface area contributed by atoms with Crippen molar-refractivity contribution < 1.29 is 0 Å². The Hall–Kier alpha value is -0.530. The van der Waals surface area contributed by atoms with Crippen molar-refractivity contribution in [1.29, 1.82) is 0 Å². The van der Waals surface area contributed by atoms with Gasteiger partial charge < -0.3 is 5.32 Å². The Labute approximate surface area is 97.8 Å². The van der Waals surface area contributed by atoms with Crippen LogP contribution in [0.3, 0.4) is 0 Å². The maximum Gasteiger partial charge on any atom is 0.0408 e. The fourth-order valence-corrected chi connectivity index (χ4v) is 1.82. The van der Waals surface area contributed by atoms with Crippen LogP contribution in [0.25, 0.3) is 0 Å². The Morgan fingerprint density at radius 2 is 2.07 bits per heavy atom. The summed E-state index contributed by atoms with van der Waals surface area (Å²) in [5.74, 6) is 0. The summed E-state index contributed by atoms with van der Waals surface area (Å²) in [4.78, 5) is 0. The minimum atomic E-state index is 0.188. The van der Waals surface area contributed by atoms with E-state index in [4.69, 9.17) is 11.6 Å².